The van der Waals surface area contributed by atoms with Gasteiger partial charge in [0.2, 0.25) is 5.91 Å². The van der Waals surface area contributed by atoms with Gasteiger partial charge in [0.15, 0.2) is 9.84 Å². The molecule has 2 aromatic carbocycles. The number of benzene rings is 2. The van der Waals surface area contributed by atoms with Crippen molar-refractivity contribution >= 4 is 15.7 Å². The molecular weight excluding hydrogens is 371 g/mol. The minimum absolute atomic E-state index is 0.0110. The molecule has 2 rings (SSSR count). The Bertz CT molecular complexity index is 853. The zero-order chi connectivity index (χ0) is 19.3. The number of rotatable bonds is 7. The van der Waals surface area contributed by atoms with E-state index < -0.39 is 33.4 Å². The van der Waals surface area contributed by atoms with Crippen LogP contribution >= 0.6 is 0 Å². The number of sulfone groups is 1. The molecule has 1 N–H and O–H groups in total. The number of carbonyl (C=O) groups is 1. The summed E-state index contributed by atoms with van der Waals surface area (Å²) >= 11 is 0. The van der Waals surface area contributed by atoms with E-state index in [0.29, 0.717) is 5.56 Å². The molecule has 9 heteroatoms. The van der Waals surface area contributed by atoms with Crippen LogP contribution in [-0.2, 0) is 21.2 Å². The van der Waals surface area contributed by atoms with E-state index in [4.69, 9.17) is 0 Å². The normalized spacial score (nSPS) is 12.7. The van der Waals surface area contributed by atoms with Crippen LogP contribution in [0.5, 0.6) is 5.75 Å². The summed E-state index contributed by atoms with van der Waals surface area (Å²) in [6.07, 6.45) is 0. The van der Waals surface area contributed by atoms with E-state index >= 15 is 0 Å². The minimum Gasteiger partial charge on any atom is -0.435 e. The Morgan fingerprint density at radius 1 is 1.08 bits per heavy atom. The molecule has 0 fully saturated rings. The van der Waals surface area contributed by atoms with Gasteiger partial charge in [0.1, 0.15) is 16.8 Å². The lowest BCUT2D eigenvalue weighted by Gasteiger charge is -2.14. The number of amides is 1. The smallest absolute Gasteiger partial charge is 0.387 e. The van der Waals surface area contributed by atoms with E-state index in [2.05, 4.69) is 10.1 Å². The van der Waals surface area contributed by atoms with Crippen LogP contribution in [0.4, 0.5) is 13.2 Å². The Balaban J connectivity index is 1.99. The average molecular weight is 387 g/mol. The molecule has 0 aliphatic rings. The topological polar surface area (TPSA) is 72.5 Å². The monoisotopic (exact) mass is 387 g/mol. The highest BCUT2D eigenvalue weighted by atomic mass is 32.2. The maximum absolute atomic E-state index is 12.9. The highest BCUT2D eigenvalue weighted by Crippen LogP contribution is 2.18. The zero-order valence-corrected chi connectivity index (χ0v) is 14.5. The van der Waals surface area contributed by atoms with Gasteiger partial charge >= 0.3 is 6.61 Å². The van der Waals surface area contributed by atoms with E-state index in [0.717, 1.165) is 24.3 Å². The van der Waals surface area contributed by atoms with Crippen LogP contribution in [-0.4, -0.2) is 26.2 Å². The molecule has 0 radical (unpaired) electrons. The Morgan fingerprint density at radius 2 is 1.65 bits per heavy atom. The van der Waals surface area contributed by atoms with Crippen molar-refractivity contribution in [2.45, 2.75) is 30.2 Å². The number of carbonyl (C=O) groups excluding carboxylic acids is 1. The molecule has 0 aliphatic heterocycles. The lowest BCUT2D eigenvalue weighted by Crippen LogP contribution is -2.37. The average Bonchev–Trinajstić information content (AvgIpc) is 2.60. The lowest BCUT2D eigenvalue weighted by molar-refractivity contribution is -0.120. The second-order valence-corrected chi connectivity index (χ2v) is 7.65. The number of hydrogen-bond acceptors (Lipinski definition) is 4. The van der Waals surface area contributed by atoms with Crippen LogP contribution in [0.15, 0.2) is 53.4 Å². The summed E-state index contributed by atoms with van der Waals surface area (Å²) in [5.74, 6) is -1.34. The molecule has 5 nitrogen and oxygen atoms in total. The first kappa shape index (κ1) is 19.8. The molecule has 2 aromatic rings. The molecule has 1 atom stereocenters. The molecule has 0 saturated carbocycles. The van der Waals surface area contributed by atoms with Crippen LogP contribution < -0.4 is 10.1 Å². The number of alkyl halides is 2. The Hall–Kier alpha value is -2.55. The van der Waals surface area contributed by atoms with E-state index in [9.17, 15) is 26.4 Å². The Kier molecular flexibility index (Phi) is 6.25. The summed E-state index contributed by atoms with van der Waals surface area (Å²) in [5, 5.41) is 1.08. The number of hydrogen-bond donors (Lipinski definition) is 1. The van der Waals surface area contributed by atoms with Crippen LogP contribution in [0.2, 0.25) is 0 Å². The first-order chi connectivity index (χ1) is 12.2. The summed E-state index contributed by atoms with van der Waals surface area (Å²) in [7, 11) is -3.96. The van der Waals surface area contributed by atoms with E-state index in [1.165, 1.54) is 31.2 Å². The van der Waals surface area contributed by atoms with Crippen molar-refractivity contribution in [3.8, 4) is 5.75 Å². The van der Waals surface area contributed by atoms with Gasteiger partial charge in [0.05, 0.1) is 4.90 Å². The molecule has 26 heavy (non-hydrogen) atoms. The van der Waals surface area contributed by atoms with Crippen LogP contribution in [0, 0.1) is 5.82 Å². The van der Waals surface area contributed by atoms with Gasteiger partial charge in [-0.3, -0.25) is 4.79 Å². The molecule has 1 amide bonds. The fraction of sp³-hybridized carbons (Fsp3) is 0.235. The molecule has 0 bridgehead atoms. The van der Waals surface area contributed by atoms with Crippen molar-refractivity contribution in [2.24, 2.45) is 0 Å². The van der Waals surface area contributed by atoms with Gasteiger partial charge in [-0.25, -0.2) is 12.8 Å². The third-order valence-electron chi connectivity index (χ3n) is 3.59. The molecule has 0 heterocycles. The molecule has 0 saturated heterocycles. The maximum Gasteiger partial charge on any atom is 0.387 e. The van der Waals surface area contributed by atoms with Crippen molar-refractivity contribution < 1.29 is 31.1 Å². The Morgan fingerprint density at radius 3 is 2.19 bits per heavy atom. The standard InChI is InChI=1S/C17H16F3NO4S/c1-11(26(23,24)15-8-4-13(18)5-9-15)16(22)21-10-12-2-6-14(7-3-12)25-17(19)20/h2-9,11,17H,10H2,1H3,(H,21,22)/t11-/m1/s1. The highest BCUT2D eigenvalue weighted by Gasteiger charge is 2.29. The largest absolute Gasteiger partial charge is 0.435 e. The predicted molar refractivity (Wildman–Crippen MR) is 88.0 cm³/mol. The van der Waals surface area contributed by atoms with Crippen LogP contribution in [0.3, 0.4) is 0 Å². The molecule has 0 spiro atoms. The van der Waals surface area contributed by atoms with Crippen molar-refractivity contribution in [1.29, 1.82) is 0 Å². The minimum atomic E-state index is -3.96. The zero-order valence-electron chi connectivity index (χ0n) is 13.7. The molecule has 0 aliphatic carbocycles. The van der Waals surface area contributed by atoms with E-state index in [1.807, 2.05) is 0 Å². The second-order valence-electron chi connectivity index (χ2n) is 5.38. The van der Waals surface area contributed by atoms with E-state index in [-0.39, 0.29) is 17.2 Å². The highest BCUT2D eigenvalue weighted by molar-refractivity contribution is 7.92. The summed E-state index contributed by atoms with van der Waals surface area (Å²) in [6, 6.07) is 9.75. The first-order valence-corrected chi connectivity index (χ1v) is 9.05. The van der Waals surface area contributed by atoms with Gasteiger partial charge in [-0.15, -0.1) is 0 Å². The van der Waals surface area contributed by atoms with Crippen molar-refractivity contribution in [1.82, 2.24) is 5.32 Å². The summed E-state index contributed by atoms with van der Waals surface area (Å²) < 4.78 is 66.0. The van der Waals surface area contributed by atoms with Gasteiger partial charge in [-0.1, -0.05) is 12.1 Å². The van der Waals surface area contributed by atoms with Crippen molar-refractivity contribution in [2.75, 3.05) is 0 Å². The molecular formula is C17H16F3NO4S. The van der Waals surface area contributed by atoms with Crippen molar-refractivity contribution in [3.63, 3.8) is 0 Å². The van der Waals surface area contributed by atoms with Crippen LogP contribution in [0.1, 0.15) is 12.5 Å². The predicted octanol–water partition coefficient (Wildman–Crippen LogP) is 2.91. The van der Waals surface area contributed by atoms with Gasteiger partial charge in [-0.05, 0) is 48.9 Å². The second kappa shape index (κ2) is 8.22. The summed E-state index contributed by atoms with van der Waals surface area (Å²) in [4.78, 5) is 12.0. The summed E-state index contributed by atoms with van der Waals surface area (Å²) in [6.45, 7) is -1.69. The fourth-order valence-electron chi connectivity index (χ4n) is 2.09. The van der Waals surface area contributed by atoms with Gasteiger partial charge in [-0.2, -0.15) is 8.78 Å². The quantitative estimate of drug-likeness (QED) is 0.742. The van der Waals surface area contributed by atoms with E-state index in [1.54, 1.807) is 0 Å². The number of nitrogens with one attached hydrogen (secondary N) is 1. The molecule has 140 valence electrons. The first-order valence-electron chi connectivity index (χ1n) is 7.51. The fourth-order valence-corrected chi connectivity index (χ4v) is 3.38. The van der Waals surface area contributed by atoms with Crippen molar-refractivity contribution in [3.05, 3.63) is 59.9 Å². The third-order valence-corrected chi connectivity index (χ3v) is 5.67. The number of ether oxygens (including phenoxy) is 1. The lowest BCUT2D eigenvalue weighted by atomic mass is 10.2. The van der Waals surface area contributed by atoms with Gasteiger partial charge < -0.3 is 10.1 Å². The summed E-state index contributed by atoms with van der Waals surface area (Å²) in [5.41, 5.74) is 0.575. The SMILES string of the molecule is C[C@H](C(=O)NCc1ccc(OC(F)F)cc1)S(=O)(=O)c1ccc(F)cc1. The molecule has 0 unspecified atom stereocenters. The third kappa shape index (κ3) is 4.98. The molecule has 0 aromatic heterocycles. The Labute approximate surface area is 148 Å². The van der Waals surface area contributed by atoms with Gasteiger partial charge in [0.25, 0.3) is 0 Å². The van der Waals surface area contributed by atoms with Gasteiger partial charge in [0, 0.05) is 6.54 Å². The maximum atomic E-state index is 12.9. The van der Waals surface area contributed by atoms with Crippen LogP contribution in [0.25, 0.3) is 0 Å². The number of halogens is 3.